The van der Waals surface area contributed by atoms with Crippen molar-refractivity contribution in [2.24, 2.45) is 7.05 Å². The summed E-state index contributed by atoms with van der Waals surface area (Å²) in [6.07, 6.45) is 8.57. The highest BCUT2D eigenvalue weighted by Gasteiger charge is 2.30. The number of carbonyl (C=O) groups is 1. The smallest absolute Gasteiger partial charge is 0.274 e. The highest BCUT2D eigenvalue weighted by Crippen LogP contribution is 2.26. The van der Waals surface area contributed by atoms with Gasteiger partial charge in [0.2, 0.25) is 0 Å². The second-order valence-corrected chi connectivity index (χ2v) is 8.60. The summed E-state index contributed by atoms with van der Waals surface area (Å²) in [6, 6.07) is 8.65. The number of methoxy groups -OCH3 is 1. The van der Waals surface area contributed by atoms with E-state index in [0.29, 0.717) is 11.7 Å². The van der Waals surface area contributed by atoms with Crippen LogP contribution in [-0.2, 0) is 26.3 Å². The van der Waals surface area contributed by atoms with Crippen molar-refractivity contribution >= 4 is 5.91 Å². The fraction of sp³-hybridized carbons (Fsp3) is 0.583. The highest BCUT2D eigenvalue weighted by atomic mass is 16.5. The van der Waals surface area contributed by atoms with E-state index in [2.05, 4.69) is 22.5 Å². The molecule has 1 amide bonds. The van der Waals surface area contributed by atoms with Crippen LogP contribution in [0.4, 0.5) is 0 Å². The van der Waals surface area contributed by atoms with Gasteiger partial charge < -0.3 is 15.0 Å². The van der Waals surface area contributed by atoms with Crippen molar-refractivity contribution in [3.8, 4) is 5.75 Å². The van der Waals surface area contributed by atoms with Crippen molar-refractivity contribution in [2.45, 2.75) is 57.4 Å². The van der Waals surface area contributed by atoms with Crippen LogP contribution in [0.3, 0.4) is 0 Å². The molecule has 0 bridgehead atoms. The van der Waals surface area contributed by atoms with Gasteiger partial charge in [0.25, 0.3) is 5.91 Å². The molecule has 1 aromatic carbocycles. The van der Waals surface area contributed by atoms with Crippen LogP contribution in [0.2, 0.25) is 0 Å². The summed E-state index contributed by atoms with van der Waals surface area (Å²) >= 11 is 0. The molecule has 6 nitrogen and oxygen atoms in total. The van der Waals surface area contributed by atoms with E-state index in [1.165, 1.54) is 24.1 Å². The third-order valence-corrected chi connectivity index (χ3v) is 6.53. The van der Waals surface area contributed by atoms with Gasteiger partial charge in [0.1, 0.15) is 5.75 Å². The largest absolute Gasteiger partial charge is 0.497 e. The van der Waals surface area contributed by atoms with Crippen molar-refractivity contribution in [3.63, 3.8) is 0 Å². The molecule has 1 unspecified atom stereocenters. The lowest BCUT2D eigenvalue weighted by atomic mass is 9.91. The first-order valence-corrected chi connectivity index (χ1v) is 11.4. The minimum Gasteiger partial charge on any atom is -0.497 e. The lowest BCUT2D eigenvalue weighted by molar-refractivity contribution is 0.0753. The van der Waals surface area contributed by atoms with Crippen molar-refractivity contribution in [3.05, 3.63) is 46.8 Å². The van der Waals surface area contributed by atoms with Gasteiger partial charge in [-0.2, -0.15) is 5.10 Å². The highest BCUT2D eigenvalue weighted by molar-refractivity contribution is 5.94. The standard InChI is InChI=1S/C24H34N4O2/c1-27-22-11-10-19(25-13-12-18-8-7-9-20(16-18)30-2)17-21(22)23(26-27)24(29)28-14-5-3-4-6-15-28/h7-9,16,19,25H,3-6,10-15,17H2,1-2H3. The summed E-state index contributed by atoms with van der Waals surface area (Å²) in [5, 5.41) is 8.37. The van der Waals surface area contributed by atoms with Crippen LogP contribution in [0.1, 0.15) is 59.4 Å². The predicted molar refractivity (Wildman–Crippen MR) is 118 cm³/mol. The number of benzene rings is 1. The summed E-state index contributed by atoms with van der Waals surface area (Å²) < 4.78 is 7.26. The number of ether oxygens (including phenoxy) is 1. The minimum absolute atomic E-state index is 0.130. The first-order chi connectivity index (χ1) is 14.7. The van der Waals surface area contributed by atoms with E-state index in [9.17, 15) is 4.79 Å². The molecule has 2 heterocycles. The maximum Gasteiger partial charge on any atom is 0.274 e. The molecule has 1 aliphatic carbocycles. The summed E-state index contributed by atoms with van der Waals surface area (Å²) in [7, 11) is 3.68. The van der Waals surface area contributed by atoms with E-state index in [0.717, 1.165) is 69.5 Å². The Morgan fingerprint density at radius 1 is 1.23 bits per heavy atom. The number of likely N-dealkylation sites (tertiary alicyclic amines) is 1. The van der Waals surface area contributed by atoms with Gasteiger partial charge in [0.05, 0.1) is 7.11 Å². The number of nitrogens with zero attached hydrogens (tertiary/aromatic N) is 3. The molecular weight excluding hydrogens is 376 g/mol. The molecule has 2 aromatic rings. The van der Waals surface area contributed by atoms with Crippen LogP contribution >= 0.6 is 0 Å². The van der Waals surface area contributed by atoms with Crippen LogP contribution in [0, 0.1) is 0 Å². The lowest BCUT2D eigenvalue weighted by Crippen LogP contribution is -2.37. The van der Waals surface area contributed by atoms with Crippen molar-refractivity contribution in [1.29, 1.82) is 0 Å². The maximum absolute atomic E-state index is 13.2. The quantitative estimate of drug-likeness (QED) is 0.795. The molecule has 1 fully saturated rings. The Hall–Kier alpha value is -2.34. The third-order valence-electron chi connectivity index (χ3n) is 6.53. The Morgan fingerprint density at radius 2 is 2.03 bits per heavy atom. The number of fused-ring (bicyclic) bond motifs is 1. The molecule has 30 heavy (non-hydrogen) atoms. The molecular formula is C24H34N4O2. The van der Waals surface area contributed by atoms with Crippen molar-refractivity contribution in [2.75, 3.05) is 26.7 Å². The Morgan fingerprint density at radius 3 is 2.80 bits per heavy atom. The van der Waals surface area contributed by atoms with Crippen LogP contribution < -0.4 is 10.1 Å². The number of aryl methyl sites for hydroxylation is 1. The van der Waals surface area contributed by atoms with Crippen LogP contribution in [0.5, 0.6) is 5.75 Å². The topological polar surface area (TPSA) is 59.4 Å². The molecule has 1 aliphatic heterocycles. The summed E-state index contributed by atoms with van der Waals surface area (Å²) in [5.41, 5.74) is 4.36. The average Bonchev–Trinajstić information content (AvgIpc) is 2.94. The predicted octanol–water partition coefficient (Wildman–Crippen LogP) is 3.13. The molecule has 1 atom stereocenters. The third kappa shape index (κ3) is 4.69. The van der Waals surface area contributed by atoms with Gasteiger partial charge in [-0.15, -0.1) is 0 Å². The minimum atomic E-state index is 0.130. The molecule has 0 radical (unpaired) electrons. The SMILES string of the molecule is COc1cccc(CCNC2CCc3c(c(C(=O)N4CCCCCC4)nn3C)C2)c1. The van der Waals surface area contributed by atoms with Crippen molar-refractivity contribution in [1.82, 2.24) is 20.0 Å². The summed E-state index contributed by atoms with van der Waals surface area (Å²) in [6.45, 7) is 2.65. The molecule has 6 heteroatoms. The lowest BCUT2D eigenvalue weighted by Gasteiger charge is -2.25. The summed E-state index contributed by atoms with van der Waals surface area (Å²) in [4.78, 5) is 15.2. The van der Waals surface area contributed by atoms with Crippen molar-refractivity contribution < 1.29 is 9.53 Å². The van der Waals surface area contributed by atoms with E-state index >= 15 is 0 Å². The molecule has 1 N–H and O–H groups in total. The zero-order chi connectivity index (χ0) is 20.9. The second kappa shape index (κ2) is 9.65. The first kappa shape index (κ1) is 20.9. The van der Waals surface area contributed by atoms with E-state index in [-0.39, 0.29) is 5.91 Å². The number of hydrogen-bond acceptors (Lipinski definition) is 4. The van der Waals surface area contributed by atoms with Gasteiger partial charge in [0, 0.05) is 37.4 Å². The normalized spacial score (nSPS) is 19.3. The Bertz CT molecular complexity index is 868. The van der Waals surface area contributed by atoms with E-state index in [1.54, 1.807) is 7.11 Å². The first-order valence-electron chi connectivity index (χ1n) is 11.4. The van der Waals surface area contributed by atoms with Crippen LogP contribution in [0.15, 0.2) is 24.3 Å². The van der Waals surface area contributed by atoms with Crippen LogP contribution in [-0.4, -0.2) is 53.4 Å². The second-order valence-electron chi connectivity index (χ2n) is 8.60. The number of rotatable bonds is 6. The molecule has 1 saturated heterocycles. The molecule has 2 aliphatic rings. The fourth-order valence-corrected chi connectivity index (χ4v) is 4.81. The van der Waals surface area contributed by atoms with E-state index < -0.39 is 0 Å². The number of hydrogen-bond donors (Lipinski definition) is 1. The molecule has 162 valence electrons. The van der Waals surface area contributed by atoms with Gasteiger partial charge in [-0.25, -0.2) is 0 Å². The van der Waals surface area contributed by atoms with Gasteiger partial charge in [-0.3, -0.25) is 9.48 Å². The van der Waals surface area contributed by atoms with E-state index in [1.807, 2.05) is 28.8 Å². The maximum atomic E-state index is 13.2. The molecule has 0 saturated carbocycles. The fourth-order valence-electron chi connectivity index (χ4n) is 4.81. The molecule has 1 aromatic heterocycles. The monoisotopic (exact) mass is 410 g/mol. The van der Waals surface area contributed by atoms with Gasteiger partial charge >= 0.3 is 0 Å². The van der Waals surface area contributed by atoms with Gasteiger partial charge in [-0.1, -0.05) is 25.0 Å². The number of aromatic nitrogens is 2. The average molecular weight is 411 g/mol. The van der Waals surface area contributed by atoms with Crippen LogP contribution in [0.25, 0.3) is 0 Å². The number of nitrogens with one attached hydrogen (secondary N) is 1. The Labute approximate surface area is 179 Å². The van der Waals surface area contributed by atoms with Gasteiger partial charge in [0.15, 0.2) is 5.69 Å². The Balaban J connectivity index is 1.39. The zero-order valence-electron chi connectivity index (χ0n) is 18.3. The molecule has 0 spiro atoms. The number of carbonyl (C=O) groups excluding carboxylic acids is 1. The Kier molecular flexibility index (Phi) is 6.72. The van der Waals surface area contributed by atoms with Gasteiger partial charge in [-0.05, 0) is 62.8 Å². The molecule has 4 rings (SSSR count). The van der Waals surface area contributed by atoms with E-state index in [4.69, 9.17) is 4.74 Å². The summed E-state index contributed by atoms with van der Waals surface area (Å²) in [5.74, 6) is 1.03. The zero-order valence-corrected chi connectivity index (χ0v) is 18.3. The number of amides is 1.